The van der Waals surface area contributed by atoms with E-state index in [4.69, 9.17) is 5.26 Å². The average molecular weight is 476 g/mol. The number of nitrogens with zero attached hydrogens (tertiary/aromatic N) is 5. The number of anilines is 1. The Bertz CT molecular complexity index is 941. The van der Waals surface area contributed by atoms with E-state index in [1.54, 1.807) is 20.6 Å². The van der Waals surface area contributed by atoms with E-state index < -0.39 is 10.2 Å². The molecule has 1 aliphatic carbocycles. The van der Waals surface area contributed by atoms with Gasteiger partial charge in [-0.2, -0.15) is 22.3 Å². The summed E-state index contributed by atoms with van der Waals surface area (Å²) in [6, 6.07) is 8.21. The number of hydrogen-bond donors (Lipinski definition) is 0. The number of carbonyl (C=O) groups excluding carboxylic acids is 1. The van der Waals surface area contributed by atoms with E-state index in [0.717, 1.165) is 42.5 Å². The number of rotatable bonds is 8. The molecule has 0 radical (unpaired) electrons. The lowest BCUT2D eigenvalue weighted by atomic mass is 9.96. The first-order valence-corrected chi connectivity index (χ1v) is 13.3. The monoisotopic (exact) mass is 475 g/mol. The molecule has 1 amide bonds. The van der Waals surface area contributed by atoms with Crippen molar-refractivity contribution in [2.24, 2.45) is 0 Å². The number of hydrogen-bond acceptors (Lipinski definition) is 5. The zero-order valence-corrected chi connectivity index (χ0v) is 21.0. The lowest BCUT2D eigenvalue weighted by Gasteiger charge is -2.39. The van der Waals surface area contributed by atoms with E-state index in [1.165, 1.54) is 6.42 Å². The van der Waals surface area contributed by atoms with Gasteiger partial charge in [0.15, 0.2) is 0 Å². The highest BCUT2D eigenvalue weighted by molar-refractivity contribution is 7.86. The van der Waals surface area contributed by atoms with Crippen LogP contribution in [-0.4, -0.2) is 80.2 Å². The summed E-state index contributed by atoms with van der Waals surface area (Å²) in [4.78, 5) is 16.9. The molecule has 0 spiro atoms. The van der Waals surface area contributed by atoms with Crippen LogP contribution in [-0.2, 0) is 15.0 Å². The summed E-state index contributed by atoms with van der Waals surface area (Å²) >= 11 is 0. The van der Waals surface area contributed by atoms with Crippen LogP contribution in [0.1, 0.15) is 49.7 Å². The van der Waals surface area contributed by atoms with E-state index in [-0.39, 0.29) is 24.9 Å². The predicted molar refractivity (Wildman–Crippen MR) is 130 cm³/mol. The van der Waals surface area contributed by atoms with Gasteiger partial charge in [-0.05, 0) is 49.9 Å². The SMILES string of the molecule is Cc1cc(C)cc(N(CCC#N)C(=O)CN2CCN(S(=O)(=O)N(C)C3CCCCC3)CC2)c1. The summed E-state index contributed by atoms with van der Waals surface area (Å²) < 4.78 is 29.4. The van der Waals surface area contributed by atoms with Crippen molar-refractivity contribution in [3.8, 4) is 6.07 Å². The molecule has 33 heavy (non-hydrogen) atoms. The van der Waals surface area contributed by atoms with Gasteiger partial charge < -0.3 is 4.90 Å². The molecule has 0 unspecified atom stereocenters. The summed E-state index contributed by atoms with van der Waals surface area (Å²) in [7, 11) is -1.78. The van der Waals surface area contributed by atoms with Crippen molar-refractivity contribution < 1.29 is 13.2 Å². The topological polar surface area (TPSA) is 88.0 Å². The number of piperazine rings is 1. The number of benzene rings is 1. The minimum atomic E-state index is -3.49. The summed E-state index contributed by atoms with van der Waals surface area (Å²) in [5, 5.41) is 9.05. The highest BCUT2D eigenvalue weighted by Gasteiger charge is 2.35. The van der Waals surface area contributed by atoms with Crippen molar-refractivity contribution in [1.29, 1.82) is 5.26 Å². The highest BCUT2D eigenvalue weighted by atomic mass is 32.2. The third-order valence-electron chi connectivity index (χ3n) is 6.74. The molecule has 2 fully saturated rings. The van der Waals surface area contributed by atoms with Crippen LogP contribution in [0.3, 0.4) is 0 Å². The van der Waals surface area contributed by atoms with E-state index in [1.807, 2.05) is 30.9 Å². The smallest absolute Gasteiger partial charge is 0.282 e. The maximum absolute atomic E-state index is 13.2. The molecule has 1 saturated heterocycles. The van der Waals surface area contributed by atoms with E-state index in [2.05, 4.69) is 12.1 Å². The lowest BCUT2D eigenvalue weighted by Crippen LogP contribution is -2.55. The maximum atomic E-state index is 13.2. The molecule has 1 heterocycles. The van der Waals surface area contributed by atoms with E-state index in [9.17, 15) is 13.2 Å². The Labute approximate surface area is 198 Å². The Hall–Kier alpha value is -1.99. The van der Waals surface area contributed by atoms with Crippen LogP contribution in [0, 0.1) is 25.2 Å². The molecule has 2 aliphatic rings. The molecule has 8 nitrogen and oxygen atoms in total. The van der Waals surface area contributed by atoms with Crippen molar-refractivity contribution >= 4 is 21.8 Å². The number of nitriles is 1. The zero-order valence-electron chi connectivity index (χ0n) is 20.2. The van der Waals surface area contributed by atoms with Gasteiger partial charge in [-0.15, -0.1) is 0 Å². The summed E-state index contributed by atoms with van der Waals surface area (Å²) in [6.45, 7) is 6.35. The van der Waals surface area contributed by atoms with Crippen LogP contribution in [0.25, 0.3) is 0 Å². The Morgan fingerprint density at radius 3 is 2.24 bits per heavy atom. The molecule has 3 rings (SSSR count). The Balaban J connectivity index is 1.60. The van der Waals surface area contributed by atoms with E-state index in [0.29, 0.717) is 32.7 Å². The Morgan fingerprint density at radius 2 is 1.67 bits per heavy atom. The Kier molecular flexibility index (Phi) is 8.88. The second-order valence-corrected chi connectivity index (χ2v) is 11.3. The highest BCUT2D eigenvalue weighted by Crippen LogP contribution is 2.25. The molecule has 0 aromatic heterocycles. The fraction of sp³-hybridized carbons (Fsp3) is 0.667. The second-order valence-electron chi connectivity index (χ2n) is 9.29. The maximum Gasteiger partial charge on any atom is 0.282 e. The standard InChI is InChI=1S/C24H37N5O3S/c1-20-16-21(2)18-23(17-20)29(11-7-10-25)24(30)19-27-12-14-28(15-13-27)33(31,32)26(3)22-8-5-4-6-9-22/h16-18,22H,4-9,11-15,19H2,1-3H3. The Morgan fingerprint density at radius 1 is 1.06 bits per heavy atom. The van der Waals surface area contributed by atoms with Gasteiger partial charge in [-0.25, -0.2) is 0 Å². The van der Waals surface area contributed by atoms with Crippen molar-refractivity contribution in [3.05, 3.63) is 29.3 Å². The van der Waals surface area contributed by atoms with Gasteiger partial charge in [0.05, 0.1) is 19.0 Å². The largest absolute Gasteiger partial charge is 0.310 e. The average Bonchev–Trinajstić information content (AvgIpc) is 2.79. The molecular weight excluding hydrogens is 438 g/mol. The predicted octanol–water partition coefficient (Wildman–Crippen LogP) is 2.68. The molecule has 9 heteroatoms. The van der Waals surface area contributed by atoms with Gasteiger partial charge in [0.2, 0.25) is 5.91 Å². The quantitative estimate of drug-likeness (QED) is 0.577. The zero-order chi connectivity index (χ0) is 24.0. The van der Waals surface area contributed by atoms with Crippen LogP contribution in [0.15, 0.2) is 18.2 Å². The van der Waals surface area contributed by atoms with Crippen molar-refractivity contribution in [2.45, 2.75) is 58.4 Å². The first-order chi connectivity index (χ1) is 15.7. The molecule has 1 aliphatic heterocycles. The summed E-state index contributed by atoms with van der Waals surface area (Å²) in [5.74, 6) is -0.0640. The molecule has 0 N–H and O–H groups in total. The van der Waals surface area contributed by atoms with Gasteiger partial charge in [-0.1, -0.05) is 25.3 Å². The lowest BCUT2D eigenvalue weighted by molar-refractivity contribution is -0.120. The van der Waals surface area contributed by atoms with Gasteiger partial charge >= 0.3 is 0 Å². The summed E-state index contributed by atoms with van der Waals surface area (Å²) in [5.41, 5.74) is 2.95. The van der Waals surface area contributed by atoms with Crippen LogP contribution in [0.4, 0.5) is 5.69 Å². The number of aryl methyl sites for hydroxylation is 2. The normalized spacial score (nSPS) is 18.9. The first-order valence-electron chi connectivity index (χ1n) is 11.9. The first kappa shape index (κ1) is 25.6. The van der Waals surface area contributed by atoms with Crippen LogP contribution >= 0.6 is 0 Å². The molecule has 0 bridgehead atoms. The molecule has 0 atom stereocenters. The fourth-order valence-electron chi connectivity index (χ4n) is 4.88. The van der Waals surface area contributed by atoms with Crippen molar-refractivity contribution in [3.63, 3.8) is 0 Å². The summed E-state index contributed by atoms with van der Waals surface area (Å²) in [6.07, 6.45) is 5.48. The minimum Gasteiger partial charge on any atom is -0.310 e. The molecule has 1 aromatic rings. The van der Waals surface area contributed by atoms with Gasteiger partial charge in [-0.3, -0.25) is 9.69 Å². The minimum absolute atomic E-state index is 0.0640. The van der Waals surface area contributed by atoms with Gasteiger partial charge in [0, 0.05) is 51.5 Å². The van der Waals surface area contributed by atoms with Crippen molar-refractivity contribution in [2.75, 3.05) is 51.2 Å². The van der Waals surface area contributed by atoms with Crippen molar-refractivity contribution in [1.82, 2.24) is 13.5 Å². The van der Waals surface area contributed by atoms with E-state index >= 15 is 0 Å². The van der Waals surface area contributed by atoms with Crippen LogP contribution < -0.4 is 4.90 Å². The molecular formula is C24H37N5O3S. The molecule has 1 aromatic carbocycles. The second kappa shape index (κ2) is 11.4. The van der Waals surface area contributed by atoms with Gasteiger partial charge in [0.25, 0.3) is 10.2 Å². The number of carbonyl (C=O) groups is 1. The van der Waals surface area contributed by atoms with Crippen LogP contribution in [0.2, 0.25) is 0 Å². The number of amides is 1. The molecule has 182 valence electrons. The third-order valence-corrected chi connectivity index (χ3v) is 8.78. The van der Waals surface area contributed by atoms with Crippen LogP contribution in [0.5, 0.6) is 0 Å². The third kappa shape index (κ3) is 6.54. The fourth-order valence-corrected chi connectivity index (χ4v) is 6.45. The van der Waals surface area contributed by atoms with Gasteiger partial charge in [0.1, 0.15) is 0 Å². The molecule has 1 saturated carbocycles.